The topological polar surface area (TPSA) is 52.6 Å². The van der Waals surface area contributed by atoms with Crippen LogP contribution in [0.4, 0.5) is 0 Å². The molecule has 0 aromatic carbocycles. The van der Waals surface area contributed by atoms with Gasteiger partial charge in [-0.15, -0.1) is 6.58 Å². The average Bonchev–Trinajstić information content (AvgIpc) is 2.11. The Kier molecular flexibility index (Phi) is 4.76. The number of carbonyl (C=O) groups is 2. The van der Waals surface area contributed by atoms with Crippen LogP contribution in [0.25, 0.3) is 0 Å². The highest BCUT2D eigenvalue weighted by atomic mass is 16.5. The zero-order valence-electron chi connectivity index (χ0n) is 7.20. The SMILES string of the molecule is COC(=O)C(CC=[13CH2])C(=O)OC. The predicted molar refractivity (Wildman–Crippen MR) is 42.3 cm³/mol. The Morgan fingerprint density at radius 2 is 1.75 bits per heavy atom. The van der Waals surface area contributed by atoms with Crippen LogP contribution in [0.15, 0.2) is 12.7 Å². The number of esters is 2. The number of allylic oxidation sites excluding steroid dienone is 1. The highest BCUT2D eigenvalue weighted by Crippen LogP contribution is 2.07. The molecule has 4 heteroatoms. The summed E-state index contributed by atoms with van der Waals surface area (Å²) in [5.74, 6) is -2.07. The molecule has 0 aliphatic heterocycles. The van der Waals surface area contributed by atoms with Crippen LogP contribution < -0.4 is 0 Å². The van der Waals surface area contributed by atoms with E-state index in [9.17, 15) is 9.59 Å². The largest absolute Gasteiger partial charge is 0.468 e. The number of methoxy groups -OCH3 is 2. The fourth-order valence-electron chi connectivity index (χ4n) is 0.740. The Labute approximate surface area is 71.2 Å². The molecule has 0 bridgehead atoms. The summed E-state index contributed by atoms with van der Waals surface area (Å²) in [7, 11) is 2.45. The van der Waals surface area contributed by atoms with E-state index in [2.05, 4.69) is 16.1 Å². The van der Waals surface area contributed by atoms with Gasteiger partial charge in [0.15, 0.2) is 5.92 Å². The van der Waals surface area contributed by atoms with Crippen LogP contribution in [0.3, 0.4) is 0 Å². The van der Waals surface area contributed by atoms with E-state index in [4.69, 9.17) is 0 Å². The highest BCUT2D eigenvalue weighted by Gasteiger charge is 2.26. The van der Waals surface area contributed by atoms with E-state index in [-0.39, 0.29) is 6.42 Å². The molecule has 0 aromatic rings. The molecule has 0 aliphatic rings. The monoisotopic (exact) mass is 173 g/mol. The van der Waals surface area contributed by atoms with Gasteiger partial charge in [0, 0.05) is 0 Å². The van der Waals surface area contributed by atoms with Gasteiger partial charge in [-0.1, -0.05) is 6.08 Å². The summed E-state index contributed by atoms with van der Waals surface area (Å²) in [4.78, 5) is 21.9. The normalized spacial score (nSPS) is 9.25. The van der Waals surface area contributed by atoms with E-state index in [1.54, 1.807) is 0 Å². The van der Waals surface area contributed by atoms with Gasteiger partial charge in [0.2, 0.25) is 0 Å². The highest BCUT2D eigenvalue weighted by molar-refractivity contribution is 5.94. The first-order valence-corrected chi connectivity index (χ1v) is 3.44. The van der Waals surface area contributed by atoms with Gasteiger partial charge in [-0.3, -0.25) is 9.59 Å². The van der Waals surface area contributed by atoms with Crippen molar-refractivity contribution < 1.29 is 19.1 Å². The average molecular weight is 173 g/mol. The van der Waals surface area contributed by atoms with Crippen LogP contribution in [0, 0.1) is 5.92 Å². The maximum atomic E-state index is 10.9. The quantitative estimate of drug-likeness (QED) is 0.269. The van der Waals surface area contributed by atoms with Gasteiger partial charge in [-0.2, -0.15) is 0 Å². The molecule has 68 valence electrons. The molecule has 0 radical (unpaired) electrons. The van der Waals surface area contributed by atoms with Gasteiger partial charge in [0.1, 0.15) is 0 Å². The lowest BCUT2D eigenvalue weighted by atomic mass is 10.1. The fourth-order valence-corrected chi connectivity index (χ4v) is 0.740. The molecule has 4 nitrogen and oxygen atoms in total. The van der Waals surface area contributed by atoms with Crippen molar-refractivity contribution in [1.29, 1.82) is 0 Å². The van der Waals surface area contributed by atoms with Crippen LogP contribution in [0.2, 0.25) is 0 Å². The molecular formula is C8H12O4. The van der Waals surface area contributed by atoms with Crippen LogP contribution in [0.1, 0.15) is 6.42 Å². The van der Waals surface area contributed by atoms with Crippen LogP contribution in [0.5, 0.6) is 0 Å². The number of ether oxygens (including phenoxy) is 2. The Hall–Kier alpha value is -1.32. The summed E-state index contributed by atoms with van der Waals surface area (Å²) in [6.07, 6.45) is 1.71. The van der Waals surface area contributed by atoms with Crippen molar-refractivity contribution in [2.75, 3.05) is 14.2 Å². The van der Waals surface area contributed by atoms with Crippen molar-refractivity contribution in [2.45, 2.75) is 6.42 Å². The summed E-state index contributed by atoms with van der Waals surface area (Å²) >= 11 is 0. The third-order valence-electron chi connectivity index (χ3n) is 1.37. The summed E-state index contributed by atoms with van der Waals surface area (Å²) < 4.78 is 8.80. The number of hydrogen-bond acceptors (Lipinski definition) is 4. The molecule has 0 aromatic heterocycles. The zero-order chi connectivity index (χ0) is 9.56. The van der Waals surface area contributed by atoms with Crippen LogP contribution >= 0.6 is 0 Å². The molecule has 0 spiro atoms. The first-order chi connectivity index (χ1) is 5.67. The van der Waals surface area contributed by atoms with Crippen LogP contribution in [-0.2, 0) is 19.1 Å². The summed E-state index contributed by atoms with van der Waals surface area (Å²) in [5, 5.41) is 0. The molecule has 0 heterocycles. The van der Waals surface area contributed by atoms with Gasteiger partial charge in [-0.05, 0) is 6.42 Å². The molecule has 0 unspecified atom stereocenters. The predicted octanol–water partition coefficient (Wildman–Crippen LogP) is 0.525. The minimum Gasteiger partial charge on any atom is -0.468 e. The minimum absolute atomic E-state index is 0.235. The second kappa shape index (κ2) is 5.35. The van der Waals surface area contributed by atoms with Gasteiger partial charge < -0.3 is 9.47 Å². The van der Waals surface area contributed by atoms with E-state index in [1.807, 2.05) is 0 Å². The molecular weight excluding hydrogens is 161 g/mol. The molecule has 0 fully saturated rings. The van der Waals surface area contributed by atoms with Crippen molar-refractivity contribution in [3.63, 3.8) is 0 Å². The molecule has 0 amide bonds. The van der Waals surface area contributed by atoms with E-state index in [1.165, 1.54) is 20.3 Å². The Morgan fingerprint density at radius 3 is 2.00 bits per heavy atom. The molecule has 12 heavy (non-hydrogen) atoms. The Morgan fingerprint density at radius 1 is 1.33 bits per heavy atom. The van der Waals surface area contributed by atoms with Crippen molar-refractivity contribution in [2.24, 2.45) is 5.92 Å². The van der Waals surface area contributed by atoms with E-state index >= 15 is 0 Å². The maximum absolute atomic E-state index is 10.9. The second-order valence-electron chi connectivity index (χ2n) is 2.12. The third-order valence-corrected chi connectivity index (χ3v) is 1.37. The molecule has 0 saturated carbocycles. The van der Waals surface area contributed by atoms with Gasteiger partial charge >= 0.3 is 11.9 Å². The molecule has 0 aliphatic carbocycles. The van der Waals surface area contributed by atoms with Crippen molar-refractivity contribution >= 4 is 11.9 Å². The maximum Gasteiger partial charge on any atom is 0.320 e. The Balaban J connectivity index is 4.31. The first-order valence-electron chi connectivity index (χ1n) is 3.44. The van der Waals surface area contributed by atoms with Crippen molar-refractivity contribution in [1.82, 2.24) is 0 Å². The fraction of sp³-hybridized carbons (Fsp3) is 0.500. The van der Waals surface area contributed by atoms with Gasteiger partial charge in [-0.25, -0.2) is 0 Å². The van der Waals surface area contributed by atoms with E-state index in [0.29, 0.717) is 0 Å². The summed E-state index contributed by atoms with van der Waals surface area (Å²) in [6, 6.07) is 0. The van der Waals surface area contributed by atoms with Crippen molar-refractivity contribution in [3.8, 4) is 0 Å². The van der Waals surface area contributed by atoms with Gasteiger partial charge in [0.25, 0.3) is 0 Å². The summed E-state index contributed by atoms with van der Waals surface area (Å²) in [6.45, 7) is 3.42. The lowest BCUT2D eigenvalue weighted by Gasteiger charge is -2.08. The molecule has 0 rings (SSSR count). The zero-order valence-corrected chi connectivity index (χ0v) is 7.20. The molecule has 0 atom stereocenters. The second-order valence-corrected chi connectivity index (χ2v) is 2.12. The lowest BCUT2D eigenvalue weighted by Crippen LogP contribution is -2.25. The third kappa shape index (κ3) is 2.74. The molecule has 0 N–H and O–H groups in total. The Bertz CT molecular complexity index is 169. The molecule has 0 saturated heterocycles. The van der Waals surface area contributed by atoms with Gasteiger partial charge in [0.05, 0.1) is 14.2 Å². The van der Waals surface area contributed by atoms with Crippen molar-refractivity contribution in [3.05, 3.63) is 12.7 Å². The lowest BCUT2D eigenvalue weighted by molar-refractivity contribution is -0.158. The number of carbonyl (C=O) groups excluding carboxylic acids is 2. The van der Waals surface area contributed by atoms with E-state index in [0.717, 1.165) is 0 Å². The number of hydrogen-bond donors (Lipinski definition) is 0. The smallest absolute Gasteiger partial charge is 0.320 e. The number of rotatable bonds is 4. The first kappa shape index (κ1) is 10.7. The van der Waals surface area contributed by atoms with E-state index < -0.39 is 17.9 Å². The summed E-state index contributed by atoms with van der Waals surface area (Å²) in [5.41, 5.74) is 0. The van der Waals surface area contributed by atoms with Crippen LogP contribution in [-0.4, -0.2) is 26.2 Å². The minimum atomic E-state index is -0.877. The standard InChI is InChI=1S/C8H12O4/c1-4-5-6(7(9)11-2)8(10)12-3/h4,6H,1,5H2,2-3H3/i1+1.